The summed E-state index contributed by atoms with van der Waals surface area (Å²) in [7, 11) is 0. The Labute approximate surface area is 106 Å². The average Bonchev–Trinajstić information content (AvgIpc) is 2.27. The summed E-state index contributed by atoms with van der Waals surface area (Å²) in [5.74, 6) is 0. The van der Waals surface area contributed by atoms with Gasteiger partial charge in [0.25, 0.3) is 0 Å². The van der Waals surface area contributed by atoms with Gasteiger partial charge in [-0.2, -0.15) is 0 Å². The lowest BCUT2D eigenvalue weighted by Crippen LogP contribution is -2.35. The van der Waals surface area contributed by atoms with E-state index in [1.807, 2.05) is 6.92 Å². The van der Waals surface area contributed by atoms with Crippen molar-refractivity contribution in [3.8, 4) is 0 Å². The maximum atomic E-state index is 9.50. The predicted octanol–water partition coefficient (Wildman–Crippen LogP) is 3.02. The Morgan fingerprint density at radius 1 is 1.19 bits per heavy atom. The second-order valence-corrected chi connectivity index (χ2v) is 4.81. The summed E-state index contributed by atoms with van der Waals surface area (Å²) in [5, 5.41) is 20.0. The van der Waals surface area contributed by atoms with Gasteiger partial charge in [0.1, 0.15) is 0 Å². The topological polar surface area (TPSA) is 40.5 Å². The van der Waals surface area contributed by atoms with Crippen molar-refractivity contribution in [3.05, 3.63) is 33.8 Å². The molecule has 0 heterocycles. The van der Waals surface area contributed by atoms with Crippen LogP contribution in [0.1, 0.15) is 25.3 Å². The molecule has 4 heteroatoms. The number of hydrogen-bond donors (Lipinski definition) is 2. The van der Waals surface area contributed by atoms with Crippen molar-refractivity contribution in [2.24, 2.45) is 0 Å². The van der Waals surface area contributed by atoms with Gasteiger partial charge in [-0.3, -0.25) is 0 Å². The van der Waals surface area contributed by atoms with E-state index in [9.17, 15) is 10.2 Å². The van der Waals surface area contributed by atoms with Gasteiger partial charge in [-0.1, -0.05) is 42.6 Å². The first-order chi connectivity index (χ1) is 7.59. The number of hydrogen-bond acceptors (Lipinski definition) is 2. The van der Waals surface area contributed by atoms with Crippen LogP contribution in [-0.2, 0) is 5.41 Å². The van der Waals surface area contributed by atoms with Gasteiger partial charge in [0.15, 0.2) is 0 Å². The van der Waals surface area contributed by atoms with E-state index >= 15 is 0 Å². The molecule has 90 valence electrons. The summed E-state index contributed by atoms with van der Waals surface area (Å²) in [4.78, 5) is 0. The fourth-order valence-electron chi connectivity index (χ4n) is 1.91. The summed E-state index contributed by atoms with van der Waals surface area (Å²) in [5.41, 5.74) is 0.0848. The summed E-state index contributed by atoms with van der Waals surface area (Å²) in [6.45, 7) is 1.75. The fourth-order valence-corrected chi connectivity index (χ4v) is 2.52. The molecule has 1 rings (SSSR count). The summed E-state index contributed by atoms with van der Waals surface area (Å²) in [6, 6.07) is 5.12. The third kappa shape index (κ3) is 2.69. The molecule has 0 saturated heterocycles. The quantitative estimate of drug-likeness (QED) is 0.857. The molecule has 0 aromatic heterocycles. The zero-order valence-electron chi connectivity index (χ0n) is 9.21. The van der Waals surface area contributed by atoms with Crippen LogP contribution >= 0.6 is 23.2 Å². The summed E-state index contributed by atoms with van der Waals surface area (Å²) < 4.78 is 0. The Bertz CT molecular complexity index is 349. The smallest absolute Gasteiger partial charge is 0.0550 e. The van der Waals surface area contributed by atoms with Gasteiger partial charge in [0.2, 0.25) is 0 Å². The molecule has 2 nitrogen and oxygen atoms in total. The maximum Gasteiger partial charge on any atom is 0.0550 e. The Morgan fingerprint density at radius 2 is 1.81 bits per heavy atom. The van der Waals surface area contributed by atoms with Crippen LogP contribution in [0, 0.1) is 0 Å². The molecule has 0 unspecified atom stereocenters. The second-order valence-electron chi connectivity index (χ2n) is 3.97. The van der Waals surface area contributed by atoms with Crippen LogP contribution in [0.2, 0.25) is 10.0 Å². The van der Waals surface area contributed by atoms with Crippen molar-refractivity contribution in [3.63, 3.8) is 0 Å². The van der Waals surface area contributed by atoms with Gasteiger partial charge in [0.05, 0.1) is 13.2 Å². The second kappa shape index (κ2) is 5.87. The third-order valence-electron chi connectivity index (χ3n) is 2.84. The van der Waals surface area contributed by atoms with E-state index in [-0.39, 0.29) is 13.2 Å². The molecular weight excluding hydrogens is 247 g/mol. The van der Waals surface area contributed by atoms with E-state index in [1.165, 1.54) is 0 Å². The maximum absolute atomic E-state index is 9.50. The van der Waals surface area contributed by atoms with Crippen LogP contribution < -0.4 is 0 Å². The van der Waals surface area contributed by atoms with Crippen molar-refractivity contribution in [2.75, 3.05) is 13.2 Å². The first-order valence-electron chi connectivity index (χ1n) is 5.27. The molecule has 0 aliphatic carbocycles. The van der Waals surface area contributed by atoms with Gasteiger partial charge in [0, 0.05) is 15.5 Å². The predicted molar refractivity (Wildman–Crippen MR) is 67.2 cm³/mol. The summed E-state index contributed by atoms with van der Waals surface area (Å²) >= 11 is 11.9. The average molecular weight is 263 g/mol. The Balaban J connectivity index is 3.19. The molecule has 0 saturated carbocycles. The molecule has 0 fully saturated rings. The van der Waals surface area contributed by atoms with Crippen molar-refractivity contribution >= 4 is 23.2 Å². The number of aliphatic hydroxyl groups is 2. The normalized spacial score (nSPS) is 11.8. The van der Waals surface area contributed by atoms with E-state index in [0.29, 0.717) is 16.5 Å². The highest BCUT2D eigenvalue weighted by molar-refractivity contribution is 6.35. The molecule has 16 heavy (non-hydrogen) atoms. The summed E-state index contributed by atoms with van der Waals surface area (Å²) in [6.07, 6.45) is 1.54. The lowest BCUT2D eigenvalue weighted by Gasteiger charge is -2.31. The number of benzene rings is 1. The van der Waals surface area contributed by atoms with E-state index in [1.54, 1.807) is 18.2 Å². The molecule has 0 atom stereocenters. The molecule has 0 amide bonds. The Hall–Kier alpha value is -0.280. The first-order valence-corrected chi connectivity index (χ1v) is 6.02. The van der Waals surface area contributed by atoms with Gasteiger partial charge in [-0.25, -0.2) is 0 Å². The van der Waals surface area contributed by atoms with Crippen molar-refractivity contribution in [1.82, 2.24) is 0 Å². The first kappa shape index (κ1) is 13.8. The molecule has 0 bridgehead atoms. The number of aliphatic hydroxyl groups excluding tert-OH is 2. The lowest BCUT2D eigenvalue weighted by molar-refractivity contribution is 0.109. The highest BCUT2D eigenvalue weighted by Gasteiger charge is 2.32. The van der Waals surface area contributed by atoms with Crippen LogP contribution in [0.3, 0.4) is 0 Å². The van der Waals surface area contributed by atoms with Crippen molar-refractivity contribution < 1.29 is 10.2 Å². The van der Waals surface area contributed by atoms with Crippen LogP contribution in [0.15, 0.2) is 18.2 Å². The van der Waals surface area contributed by atoms with E-state index in [0.717, 1.165) is 12.0 Å². The van der Waals surface area contributed by atoms with Crippen LogP contribution in [0.4, 0.5) is 0 Å². The molecule has 0 radical (unpaired) electrons. The molecule has 2 N–H and O–H groups in total. The molecule has 0 spiro atoms. The minimum Gasteiger partial charge on any atom is -0.395 e. The molecule has 1 aromatic carbocycles. The zero-order valence-corrected chi connectivity index (χ0v) is 10.7. The van der Waals surface area contributed by atoms with Gasteiger partial charge >= 0.3 is 0 Å². The van der Waals surface area contributed by atoms with Gasteiger partial charge in [-0.05, 0) is 24.1 Å². The monoisotopic (exact) mass is 262 g/mol. The molecule has 1 aromatic rings. The Kier molecular flexibility index (Phi) is 5.06. The molecular formula is C12H16Cl2O2. The lowest BCUT2D eigenvalue weighted by atomic mass is 9.78. The van der Waals surface area contributed by atoms with E-state index < -0.39 is 5.41 Å². The standard InChI is InChI=1S/C12H16Cl2O2/c1-2-5-12(7-15,8-16)10-4-3-9(13)6-11(10)14/h3-4,6,15-16H,2,5,7-8H2,1H3. The molecule has 0 aliphatic heterocycles. The van der Waals surface area contributed by atoms with Gasteiger partial charge < -0.3 is 10.2 Å². The van der Waals surface area contributed by atoms with E-state index in [4.69, 9.17) is 23.2 Å². The van der Waals surface area contributed by atoms with Crippen LogP contribution in [-0.4, -0.2) is 23.4 Å². The molecule has 0 aliphatic rings. The highest BCUT2D eigenvalue weighted by Crippen LogP contribution is 2.35. The third-order valence-corrected chi connectivity index (χ3v) is 3.38. The minimum absolute atomic E-state index is 0.126. The van der Waals surface area contributed by atoms with Crippen molar-refractivity contribution in [1.29, 1.82) is 0 Å². The number of rotatable bonds is 5. The zero-order chi connectivity index (χ0) is 12.2. The largest absolute Gasteiger partial charge is 0.395 e. The SMILES string of the molecule is CCCC(CO)(CO)c1ccc(Cl)cc1Cl. The van der Waals surface area contributed by atoms with Crippen molar-refractivity contribution in [2.45, 2.75) is 25.2 Å². The Morgan fingerprint density at radius 3 is 2.25 bits per heavy atom. The van der Waals surface area contributed by atoms with Gasteiger partial charge in [-0.15, -0.1) is 0 Å². The minimum atomic E-state index is -0.670. The van der Waals surface area contributed by atoms with Crippen LogP contribution in [0.25, 0.3) is 0 Å². The van der Waals surface area contributed by atoms with Crippen LogP contribution in [0.5, 0.6) is 0 Å². The number of halogens is 2. The highest BCUT2D eigenvalue weighted by atomic mass is 35.5. The van der Waals surface area contributed by atoms with E-state index in [2.05, 4.69) is 0 Å². The fraction of sp³-hybridized carbons (Fsp3) is 0.500.